The number of carbonyl (C=O) groups is 1. The summed E-state index contributed by atoms with van der Waals surface area (Å²) in [6.07, 6.45) is 0. The van der Waals surface area contributed by atoms with Crippen LogP contribution in [0, 0.1) is 13.8 Å². The molecule has 2 N–H and O–H groups in total. The summed E-state index contributed by atoms with van der Waals surface area (Å²) in [5.41, 5.74) is 6.18. The van der Waals surface area contributed by atoms with E-state index in [0.717, 1.165) is 38.6 Å². The SMILES string of the molecule is CCN(N)C(=O)Cn1c2ccc(Cl)cc2c2nc3cc(C)c(C)cc3nc21. The molecule has 27 heavy (non-hydrogen) atoms. The number of hydrazine groups is 1. The van der Waals surface area contributed by atoms with E-state index in [4.69, 9.17) is 27.4 Å². The highest BCUT2D eigenvalue weighted by Gasteiger charge is 2.18. The van der Waals surface area contributed by atoms with Crippen molar-refractivity contribution in [2.45, 2.75) is 27.3 Å². The second-order valence-corrected chi connectivity index (χ2v) is 7.18. The van der Waals surface area contributed by atoms with Crippen molar-refractivity contribution >= 4 is 50.6 Å². The lowest BCUT2D eigenvalue weighted by Gasteiger charge is -2.15. The van der Waals surface area contributed by atoms with Gasteiger partial charge >= 0.3 is 0 Å². The normalized spacial score (nSPS) is 11.6. The number of carbonyl (C=O) groups excluding carboxylic acids is 1. The number of rotatable bonds is 3. The Morgan fingerprint density at radius 2 is 1.81 bits per heavy atom. The van der Waals surface area contributed by atoms with Crippen LogP contribution in [0.2, 0.25) is 5.02 Å². The lowest BCUT2D eigenvalue weighted by molar-refractivity contribution is -0.131. The molecule has 2 aromatic heterocycles. The minimum Gasteiger partial charge on any atom is -0.314 e. The van der Waals surface area contributed by atoms with Crippen molar-refractivity contribution in [3.05, 3.63) is 46.5 Å². The largest absolute Gasteiger partial charge is 0.314 e. The fraction of sp³-hybridized carbons (Fsp3) is 0.250. The molecule has 4 aromatic rings. The summed E-state index contributed by atoms with van der Waals surface area (Å²) in [6.45, 7) is 6.47. The van der Waals surface area contributed by atoms with Gasteiger partial charge in [0.25, 0.3) is 5.91 Å². The number of hydrogen-bond acceptors (Lipinski definition) is 4. The molecule has 4 rings (SSSR count). The number of nitrogens with two attached hydrogens (primary N) is 1. The standard InChI is InChI=1S/C20H20ClN5O/c1-4-26(22)18(27)10-25-17-6-5-13(21)9-14(17)19-20(25)24-16-8-12(3)11(2)7-15(16)23-19/h5-9H,4,10,22H2,1-3H3. The Morgan fingerprint density at radius 3 is 2.48 bits per heavy atom. The molecule has 0 radical (unpaired) electrons. The fourth-order valence-electron chi connectivity index (χ4n) is 3.28. The molecule has 2 aromatic carbocycles. The highest BCUT2D eigenvalue weighted by atomic mass is 35.5. The molecule has 0 aliphatic rings. The molecule has 0 fully saturated rings. The lowest BCUT2D eigenvalue weighted by Crippen LogP contribution is -2.39. The summed E-state index contributed by atoms with van der Waals surface area (Å²) < 4.78 is 1.86. The van der Waals surface area contributed by atoms with Gasteiger partial charge in [-0.3, -0.25) is 9.80 Å². The van der Waals surface area contributed by atoms with E-state index in [1.54, 1.807) is 6.07 Å². The molecule has 138 valence electrons. The zero-order valence-corrected chi connectivity index (χ0v) is 16.2. The molecule has 0 saturated carbocycles. The number of hydrogen-bond donors (Lipinski definition) is 1. The van der Waals surface area contributed by atoms with Crippen LogP contribution in [0.5, 0.6) is 0 Å². The van der Waals surface area contributed by atoms with Crippen LogP contribution < -0.4 is 5.84 Å². The first-order valence-corrected chi connectivity index (χ1v) is 9.18. The van der Waals surface area contributed by atoms with E-state index in [2.05, 4.69) is 6.92 Å². The molecule has 6 nitrogen and oxygen atoms in total. The van der Waals surface area contributed by atoms with Crippen LogP contribution >= 0.6 is 11.6 Å². The smallest absolute Gasteiger partial charge is 0.256 e. The first kappa shape index (κ1) is 17.7. The maximum atomic E-state index is 12.5. The molecule has 0 aliphatic carbocycles. The Balaban J connectivity index is 2.05. The summed E-state index contributed by atoms with van der Waals surface area (Å²) in [4.78, 5) is 22.1. The molecule has 2 heterocycles. The number of halogens is 1. The number of amides is 1. The minimum atomic E-state index is -0.187. The van der Waals surface area contributed by atoms with E-state index in [1.165, 1.54) is 5.01 Å². The van der Waals surface area contributed by atoms with E-state index in [-0.39, 0.29) is 12.5 Å². The predicted molar refractivity (Wildman–Crippen MR) is 109 cm³/mol. The number of benzene rings is 2. The fourth-order valence-corrected chi connectivity index (χ4v) is 3.45. The number of likely N-dealkylation sites (N-methyl/N-ethyl adjacent to an activating group) is 1. The summed E-state index contributed by atoms with van der Waals surface area (Å²) in [5, 5.41) is 2.69. The zero-order valence-electron chi connectivity index (χ0n) is 15.5. The third-order valence-corrected chi connectivity index (χ3v) is 5.21. The van der Waals surface area contributed by atoms with Gasteiger partial charge in [-0.25, -0.2) is 15.8 Å². The predicted octanol–water partition coefficient (Wildman–Crippen LogP) is 3.73. The minimum absolute atomic E-state index is 0.0942. The van der Waals surface area contributed by atoms with Gasteiger partial charge in [0.05, 0.1) is 16.6 Å². The van der Waals surface area contributed by atoms with Gasteiger partial charge in [-0.2, -0.15) is 0 Å². The van der Waals surface area contributed by atoms with Crippen molar-refractivity contribution in [3.8, 4) is 0 Å². The molecule has 1 amide bonds. The van der Waals surface area contributed by atoms with E-state index in [9.17, 15) is 4.79 Å². The second-order valence-electron chi connectivity index (χ2n) is 6.75. The molecule has 7 heteroatoms. The average molecular weight is 382 g/mol. The second kappa shape index (κ2) is 6.48. The molecule has 0 bridgehead atoms. The van der Waals surface area contributed by atoms with Gasteiger partial charge in [0.2, 0.25) is 0 Å². The van der Waals surface area contributed by atoms with Crippen molar-refractivity contribution in [1.29, 1.82) is 0 Å². The third kappa shape index (κ3) is 2.91. The van der Waals surface area contributed by atoms with Gasteiger partial charge < -0.3 is 4.57 Å². The van der Waals surface area contributed by atoms with Gasteiger partial charge in [0.15, 0.2) is 5.65 Å². The quantitative estimate of drug-likeness (QED) is 0.333. The lowest BCUT2D eigenvalue weighted by atomic mass is 10.1. The summed E-state index contributed by atoms with van der Waals surface area (Å²) in [6, 6.07) is 9.62. The van der Waals surface area contributed by atoms with Crippen LogP contribution in [-0.4, -0.2) is 32.0 Å². The summed E-state index contributed by atoms with van der Waals surface area (Å²) in [5.74, 6) is 5.60. The number of aromatic nitrogens is 3. The summed E-state index contributed by atoms with van der Waals surface area (Å²) >= 11 is 6.22. The van der Waals surface area contributed by atoms with E-state index in [0.29, 0.717) is 17.2 Å². The van der Waals surface area contributed by atoms with E-state index in [1.807, 2.05) is 42.7 Å². The molecule has 0 spiro atoms. The highest BCUT2D eigenvalue weighted by molar-refractivity contribution is 6.31. The van der Waals surface area contributed by atoms with Crippen LogP contribution in [0.15, 0.2) is 30.3 Å². The van der Waals surface area contributed by atoms with Crippen molar-refractivity contribution in [2.24, 2.45) is 5.84 Å². The Labute approximate surface area is 161 Å². The average Bonchev–Trinajstić information content (AvgIpc) is 2.92. The number of aryl methyl sites for hydroxylation is 2. The maximum Gasteiger partial charge on any atom is 0.256 e. The van der Waals surface area contributed by atoms with Crippen LogP contribution in [0.25, 0.3) is 33.1 Å². The Morgan fingerprint density at radius 1 is 1.15 bits per heavy atom. The van der Waals surface area contributed by atoms with Crippen molar-refractivity contribution in [1.82, 2.24) is 19.5 Å². The monoisotopic (exact) mass is 381 g/mol. The topological polar surface area (TPSA) is 77.0 Å². The van der Waals surface area contributed by atoms with E-state index < -0.39 is 0 Å². The molecule has 0 saturated heterocycles. The third-order valence-electron chi connectivity index (χ3n) is 4.98. The maximum absolute atomic E-state index is 12.5. The molecule has 0 unspecified atom stereocenters. The number of fused-ring (bicyclic) bond motifs is 4. The van der Waals surface area contributed by atoms with E-state index >= 15 is 0 Å². The number of nitrogens with zero attached hydrogens (tertiary/aromatic N) is 4. The van der Waals surface area contributed by atoms with Gasteiger partial charge in [-0.1, -0.05) is 11.6 Å². The first-order chi connectivity index (χ1) is 12.9. The molecule has 0 aliphatic heterocycles. The van der Waals surface area contributed by atoms with Crippen molar-refractivity contribution in [2.75, 3.05) is 6.54 Å². The Bertz CT molecular complexity index is 1210. The Kier molecular flexibility index (Phi) is 4.25. The van der Waals surface area contributed by atoms with Gasteiger partial charge in [0.1, 0.15) is 12.1 Å². The van der Waals surface area contributed by atoms with Gasteiger partial charge in [-0.15, -0.1) is 0 Å². The summed E-state index contributed by atoms with van der Waals surface area (Å²) in [7, 11) is 0. The van der Waals surface area contributed by atoms with Crippen molar-refractivity contribution < 1.29 is 4.79 Å². The highest BCUT2D eigenvalue weighted by Crippen LogP contribution is 2.31. The van der Waals surface area contributed by atoms with Crippen LogP contribution in [-0.2, 0) is 11.3 Å². The van der Waals surface area contributed by atoms with Crippen LogP contribution in [0.4, 0.5) is 0 Å². The van der Waals surface area contributed by atoms with Crippen LogP contribution in [0.1, 0.15) is 18.1 Å². The Hall–Kier alpha value is -2.70. The van der Waals surface area contributed by atoms with Crippen molar-refractivity contribution in [3.63, 3.8) is 0 Å². The van der Waals surface area contributed by atoms with Gasteiger partial charge in [0, 0.05) is 17.0 Å². The molecular formula is C20H20ClN5O. The molecular weight excluding hydrogens is 362 g/mol. The molecule has 0 atom stereocenters. The first-order valence-electron chi connectivity index (χ1n) is 8.80. The van der Waals surface area contributed by atoms with Gasteiger partial charge in [-0.05, 0) is 62.2 Å². The zero-order chi connectivity index (χ0) is 19.3. The van der Waals surface area contributed by atoms with Crippen LogP contribution in [0.3, 0.4) is 0 Å².